The number of nitro groups is 1. The Balaban J connectivity index is 1.80. The van der Waals surface area contributed by atoms with E-state index in [1.54, 1.807) is 31.2 Å². The highest BCUT2D eigenvalue weighted by molar-refractivity contribution is 7.99. The summed E-state index contributed by atoms with van der Waals surface area (Å²) in [7, 11) is 0. The number of nitrogens with zero attached hydrogens (tertiary/aromatic N) is 1. The molecule has 0 atom stereocenters. The number of nitro benzene ring substituents is 1. The van der Waals surface area contributed by atoms with Gasteiger partial charge in [0.2, 0.25) is 5.91 Å². The van der Waals surface area contributed by atoms with Crippen LogP contribution >= 0.6 is 11.8 Å². The second-order valence-electron chi connectivity index (χ2n) is 4.93. The number of hydrogen-bond donors (Lipinski definition) is 1. The van der Waals surface area contributed by atoms with Gasteiger partial charge in [-0.3, -0.25) is 14.9 Å². The Labute approximate surface area is 137 Å². The number of amides is 1. The Morgan fingerprint density at radius 3 is 2.57 bits per heavy atom. The molecule has 2 rings (SSSR count). The van der Waals surface area contributed by atoms with Gasteiger partial charge in [0.05, 0.1) is 10.7 Å². The molecule has 1 N–H and O–H groups in total. The average molecular weight is 334 g/mol. The molecule has 23 heavy (non-hydrogen) atoms. The van der Waals surface area contributed by atoms with Gasteiger partial charge in [-0.1, -0.05) is 18.2 Å². The first-order valence-corrected chi connectivity index (χ1v) is 7.98. The highest BCUT2D eigenvalue weighted by Gasteiger charge is 2.07. The van der Waals surface area contributed by atoms with E-state index in [1.165, 1.54) is 30.0 Å². The van der Waals surface area contributed by atoms with E-state index in [4.69, 9.17) is 0 Å². The smallest absolute Gasteiger partial charge is 0.269 e. The van der Waals surface area contributed by atoms with Crippen LogP contribution in [0.3, 0.4) is 0 Å². The molecule has 0 bridgehead atoms. The number of rotatable bonds is 6. The van der Waals surface area contributed by atoms with Gasteiger partial charge in [-0.25, -0.2) is 4.39 Å². The summed E-state index contributed by atoms with van der Waals surface area (Å²) in [4.78, 5) is 21.9. The molecule has 0 aliphatic rings. The lowest BCUT2D eigenvalue weighted by molar-refractivity contribution is -0.384. The Kier molecular flexibility index (Phi) is 5.70. The van der Waals surface area contributed by atoms with Gasteiger partial charge in [-0.2, -0.15) is 0 Å². The zero-order chi connectivity index (χ0) is 16.8. The number of halogens is 1. The Bertz CT molecular complexity index is 720. The maximum absolute atomic E-state index is 13.4. The second-order valence-corrected chi connectivity index (χ2v) is 5.91. The van der Waals surface area contributed by atoms with E-state index >= 15 is 0 Å². The fraction of sp³-hybridized carbons (Fsp3) is 0.188. The van der Waals surface area contributed by atoms with E-state index in [2.05, 4.69) is 5.32 Å². The summed E-state index contributed by atoms with van der Waals surface area (Å²) in [5.41, 5.74) is 1.89. The summed E-state index contributed by atoms with van der Waals surface area (Å²) in [6, 6.07) is 10.7. The van der Waals surface area contributed by atoms with E-state index in [9.17, 15) is 19.3 Å². The molecule has 2 aromatic carbocycles. The lowest BCUT2D eigenvalue weighted by atomic mass is 10.2. The molecule has 0 radical (unpaired) electrons. The van der Waals surface area contributed by atoms with Gasteiger partial charge < -0.3 is 5.32 Å². The van der Waals surface area contributed by atoms with E-state index in [1.807, 2.05) is 0 Å². The van der Waals surface area contributed by atoms with Crippen molar-refractivity contribution in [3.63, 3.8) is 0 Å². The molecule has 2 aromatic rings. The Morgan fingerprint density at radius 1 is 1.26 bits per heavy atom. The minimum Gasteiger partial charge on any atom is -0.325 e. The van der Waals surface area contributed by atoms with Gasteiger partial charge in [0.1, 0.15) is 5.82 Å². The van der Waals surface area contributed by atoms with E-state index in [0.717, 1.165) is 5.56 Å². The molecule has 0 aromatic heterocycles. The summed E-state index contributed by atoms with van der Waals surface area (Å²) in [6.45, 7) is 1.65. The number of nitrogens with one attached hydrogen (secondary N) is 1. The van der Waals surface area contributed by atoms with Crippen LogP contribution in [0.4, 0.5) is 15.8 Å². The molecule has 7 heteroatoms. The molecular weight excluding hydrogens is 319 g/mol. The fourth-order valence-electron chi connectivity index (χ4n) is 1.84. The molecule has 5 nitrogen and oxygen atoms in total. The minimum absolute atomic E-state index is 0.0397. The molecule has 120 valence electrons. The van der Waals surface area contributed by atoms with Crippen molar-refractivity contribution in [2.75, 3.05) is 11.1 Å². The third kappa shape index (κ3) is 5.07. The van der Waals surface area contributed by atoms with Crippen LogP contribution in [0, 0.1) is 22.9 Å². The molecular formula is C16H15FN2O3S. The van der Waals surface area contributed by atoms with Crippen LogP contribution in [0.15, 0.2) is 42.5 Å². The molecule has 0 saturated heterocycles. The molecule has 0 fully saturated rings. The topological polar surface area (TPSA) is 72.2 Å². The van der Waals surface area contributed by atoms with Gasteiger partial charge in [0.25, 0.3) is 5.69 Å². The quantitative estimate of drug-likeness (QED) is 0.642. The van der Waals surface area contributed by atoms with E-state index in [-0.39, 0.29) is 23.2 Å². The third-order valence-corrected chi connectivity index (χ3v) is 4.11. The van der Waals surface area contributed by atoms with Crippen LogP contribution < -0.4 is 5.32 Å². The number of carbonyl (C=O) groups is 1. The van der Waals surface area contributed by atoms with Crippen molar-refractivity contribution < 1.29 is 14.1 Å². The minimum atomic E-state index is -0.453. The zero-order valence-electron chi connectivity index (χ0n) is 12.4. The van der Waals surface area contributed by atoms with Gasteiger partial charge in [-0.05, 0) is 30.2 Å². The van der Waals surface area contributed by atoms with Crippen molar-refractivity contribution in [2.45, 2.75) is 12.7 Å². The number of aryl methyl sites for hydroxylation is 1. The van der Waals surface area contributed by atoms with Crippen LogP contribution in [-0.2, 0) is 10.5 Å². The highest BCUT2D eigenvalue weighted by atomic mass is 32.2. The average Bonchev–Trinajstić information content (AvgIpc) is 2.51. The van der Waals surface area contributed by atoms with Crippen LogP contribution in [-0.4, -0.2) is 16.6 Å². The highest BCUT2D eigenvalue weighted by Crippen LogP contribution is 2.18. The van der Waals surface area contributed by atoms with Gasteiger partial charge in [0, 0.05) is 23.6 Å². The predicted molar refractivity (Wildman–Crippen MR) is 89.0 cm³/mol. The Hall–Kier alpha value is -2.41. The maximum atomic E-state index is 13.4. The second kappa shape index (κ2) is 7.73. The van der Waals surface area contributed by atoms with Gasteiger partial charge in [-0.15, -0.1) is 11.8 Å². The first-order valence-electron chi connectivity index (χ1n) is 6.83. The fourth-order valence-corrected chi connectivity index (χ4v) is 2.63. The van der Waals surface area contributed by atoms with Crippen molar-refractivity contribution in [3.8, 4) is 0 Å². The molecule has 0 heterocycles. The summed E-state index contributed by atoms with van der Waals surface area (Å²) in [5, 5.41) is 13.2. The van der Waals surface area contributed by atoms with E-state index in [0.29, 0.717) is 17.0 Å². The van der Waals surface area contributed by atoms with Gasteiger partial charge in [0.15, 0.2) is 0 Å². The largest absolute Gasteiger partial charge is 0.325 e. The number of thioether (sulfide) groups is 1. The molecule has 1 amide bonds. The first-order chi connectivity index (χ1) is 11.0. The van der Waals surface area contributed by atoms with Crippen LogP contribution in [0.25, 0.3) is 0 Å². The van der Waals surface area contributed by atoms with Crippen LogP contribution in [0.5, 0.6) is 0 Å². The molecule has 0 unspecified atom stereocenters. The number of non-ortho nitro benzene ring substituents is 1. The first kappa shape index (κ1) is 17.0. The summed E-state index contributed by atoms with van der Waals surface area (Å²) >= 11 is 1.38. The third-order valence-electron chi connectivity index (χ3n) is 3.10. The number of hydrogen-bond acceptors (Lipinski definition) is 4. The molecule has 0 aliphatic heterocycles. The maximum Gasteiger partial charge on any atom is 0.269 e. The zero-order valence-corrected chi connectivity index (χ0v) is 13.2. The van der Waals surface area contributed by atoms with Crippen LogP contribution in [0.1, 0.15) is 11.1 Å². The van der Waals surface area contributed by atoms with Crippen molar-refractivity contribution in [1.29, 1.82) is 0 Å². The number of anilines is 1. The van der Waals surface area contributed by atoms with Crippen molar-refractivity contribution >= 4 is 29.0 Å². The SMILES string of the molecule is Cc1ccc(NC(=O)CSCc2ccc([N+](=O)[O-])cc2)cc1F. The number of carbonyl (C=O) groups excluding carboxylic acids is 1. The van der Waals surface area contributed by atoms with Crippen molar-refractivity contribution in [1.82, 2.24) is 0 Å². The summed E-state index contributed by atoms with van der Waals surface area (Å²) in [6.07, 6.45) is 0. The van der Waals surface area contributed by atoms with Crippen LogP contribution in [0.2, 0.25) is 0 Å². The van der Waals surface area contributed by atoms with Crippen molar-refractivity contribution in [2.24, 2.45) is 0 Å². The Morgan fingerprint density at radius 2 is 1.96 bits per heavy atom. The lowest BCUT2D eigenvalue weighted by Crippen LogP contribution is -2.14. The lowest BCUT2D eigenvalue weighted by Gasteiger charge is -2.06. The van der Waals surface area contributed by atoms with Crippen molar-refractivity contribution in [3.05, 3.63) is 69.5 Å². The number of benzene rings is 2. The monoisotopic (exact) mass is 334 g/mol. The van der Waals surface area contributed by atoms with E-state index < -0.39 is 4.92 Å². The summed E-state index contributed by atoms with van der Waals surface area (Å²) < 4.78 is 13.4. The normalized spacial score (nSPS) is 10.3. The summed E-state index contributed by atoms with van der Waals surface area (Å²) in [5.74, 6) is 0.196. The van der Waals surface area contributed by atoms with Gasteiger partial charge >= 0.3 is 0 Å². The molecule has 0 saturated carbocycles. The molecule has 0 aliphatic carbocycles. The predicted octanol–water partition coefficient (Wildman–Crippen LogP) is 3.91. The molecule has 0 spiro atoms. The standard InChI is InChI=1S/C16H15FN2O3S/c1-11-2-5-13(8-15(11)17)18-16(20)10-23-9-12-3-6-14(7-4-12)19(21)22/h2-8H,9-10H2,1H3,(H,18,20).